The average molecular weight is 688 g/mol. The summed E-state index contributed by atoms with van der Waals surface area (Å²) in [6.45, 7) is 1.45. The number of rotatable bonds is 13. The molecular weight excluding hydrogens is 646 g/mol. The Balaban J connectivity index is 1.04. The summed E-state index contributed by atoms with van der Waals surface area (Å²) in [4.78, 5) is 43.6. The van der Waals surface area contributed by atoms with Crippen LogP contribution >= 0.6 is 0 Å². The summed E-state index contributed by atoms with van der Waals surface area (Å²) in [5.74, 6) is -1.09. The summed E-state index contributed by atoms with van der Waals surface area (Å²) in [5.41, 5.74) is 5.01. The van der Waals surface area contributed by atoms with E-state index >= 15 is 0 Å². The van der Waals surface area contributed by atoms with E-state index in [0.717, 1.165) is 16.7 Å². The normalized spacial score (nSPS) is 16.2. The van der Waals surface area contributed by atoms with Crippen LogP contribution in [0.5, 0.6) is 0 Å². The first kappa shape index (κ1) is 35.0. The molecule has 3 unspecified atom stereocenters. The molecule has 0 saturated carbocycles. The molecule has 0 radical (unpaired) electrons. The molecular formula is C39H41N7O5. The first-order chi connectivity index (χ1) is 25.0. The minimum absolute atomic E-state index is 0.0450. The van der Waals surface area contributed by atoms with Crippen molar-refractivity contribution < 1.29 is 23.9 Å². The fraction of sp³-hybridized carbons (Fsp3) is 0.256. The minimum Gasteiger partial charge on any atom is -0.453 e. The zero-order valence-corrected chi connectivity index (χ0v) is 28.3. The maximum absolute atomic E-state index is 14.1. The van der Waals surface area contributed by atoms with Gasteiger partial charge < -0.3 is 30.7 Å². The van der Waals surface area contributed by atoms with Gasteiger partial charge in [-0.2, -0.15) is 5.10 Å². The van der Waals surface area contributed by atoms with Crippen LogP contribution in [-0.2, 0) is 20.7 Å². The molecule has 2 aromatic heterocycles. The number of carbonyl (C=O) groups excluding carboxylic acids is 3. The Labute approximate surface area is 296 Å². The minimum atomic E-state index is -0.963. The summed E-state index contributed by atoms with van der Waals surface area (Å²) in [6.07, 6.45) is 2.29. The third-order valence-corrected chi connectivity index (χ3v) is 8.83. The van der Waals surface area contributed by atoms with E-state index in [-0.39, 0.29) is 24.0 Å². The lowest BCUT2D eigenvalue weighted by Gasteiger charge is -2.31. The summed E-state index contributed by atoms with van der Waals surface area (Å²) < 4.78 is 11.1. The van der Waals surface area contributed by atoms with Crippen molar-refractivity contribution in [3.8, 4) is 11.4 Å². The Bertz CT molecular complexity index is 1840. The number of anilines is 1. The van der Waals surface area contributed by atoms with Crippen LogP contribution in [0, 0.1) is 0 Å². The second-order valence-electron chi connectivity index (χ2n) is 12.3. The van der Waals surface area contributed by atoms with Gasteiger partial charge in [-0.25, -0.2) is 4.79 Å². The molecule has 1 fully saturated rings. The van der Waals surface area contributed by atoms with E-state index < -0.39 is 18.1 Å². The average Bonchev–Trinajstić information content (AvgIpc) is 3.69. The third-order valence-electron chi connectivity index (χ3n) is 8.83. The molecule has 262 valence electrons. The molecule has 3 atom stereocenters. The van der Waals surface area contributed by atoms with Crippen molar-refractivity contribution in [1.29, 1.82) is 0 Å². The van der Waals surface area contributed by atoms with Gasteiger partial charge in [0.1, 0.15) is 17.4 Å². The number of hydrogen-bond acceptors (Lipinski definition) is 8. The summed E-state index contributed by atoms with van der Waals surface area (Å²) in [5, 5.41) is 19.3. The van der Waals surface area contributed by atoms with Gasteiger partial charge in [0.25, 0.3) is 5.91 Å². The fourth-order valence-corrected chi connectivity index (χ4v) is 6.15. The van der Waals surface area contributed by atoms with Gasteiger partial charge in [0.15, 0.2) is 0 Å². The van der Waals surface area contributed by atoms with Gasteiger partial charge in [-0.05, 0) is 53.8 Å². The van der Waals surface area contributed by atoms with Gasteiger partial charge in [0, 0.05) is 36.9 Å². The van der Waals surface area contributed by atoms with Crippen LogP contribution in [-0.4, -0.2) is 78.1 Å². The number of aryl methyl sites for hydroxylation is 1. The van der Waals surface area contributed by atoms with Crippen molar-refractivity contribution in [2.45, 2.75) is 36.9 Å². The topological polar surface area (TPSA) is 159 Å². The standard InChI is InChI=1S/C39H41N7O5/c1-50-39(49)44-36(35(27-13-4-2-5-14-27)28-15-6-3-7-16-28)38(48)43-31-17-9-8-12-26(31)19-20-30-24-41-29(25-51-30)23-42-37(47)34-22-33(45-46-34)32-18-10-11-21-40-32/h2-18,21-22,29-30,35-36,41H,19-20,23-25H2,1H3,(H,42,47)(H,43,48)(H,44,49)(H,45,46). The highest BCUT2D eigenvalue weighted by Gasteiger charge is 2.33. The molecule has 12 nitrogen and oxygen atoms in total. The van der Waals surface area contributed by atoms with Crippen molar-refractivity contribution in [1.82, 2.24) is 31.1 Å². The smallest absolute Gasteiger partial charge is 0.407 e. The number of carbonyl (C=O) groups is 3. The Hall–Kier alpha value is -5.85. The third kappa shape index (κ3) is 9.24. The summed E-state index contributed by atoms with van der Waals surface area (Å²) in [6, 6.07) is 33.1. The van der Waals surface area contributed by atoms with Crippen molar-refractivity contribution in [3.05, 3.63) is 138 Å². The van der Waals surface area contributed by atoms with Crippen molar-refractivity contribution >= 4 is 23.6 Å². The van der Waals surface area contributed by atoms with Crippen LogP contribution in [0.25, 0.3) is 11.4 Å². The number of nitrogens with one attached hydrogen (secondary N) is 5. The lowest BCUT2D eigenvalue weighted by Crippen LogP contribution is -2.51. The number of H-pyrrole nitrogens is 1. The van der Waals surface area contributed by atoms with Crippen molar-refractivity contribution in [2.75, 3.05) is 32.1 Å². The summed E-state index contributed by atoms with van der Waals surface area (Å²) in [7, 11) is 1.28. The number of para-hydroxylation sites is 1. The largest absolute Gasteiger partial charge is 0.453 e. The van der Waals surface area contributed by atoms with Crippen LogP contribution in [0.2, 0.25) is 0 Å². The van der Waals surface area contributed by atoms with E-state index in [4.69, 9.17) is 9.47 Å². The molecule has 3 amide bonds. The van der Waals surface area contributed by atoms with Gasteiger partial charge in [0.05, 0.1) is 25.5 Å². The lowest BCUT2D eigenvalue weighted by atomic mass is 9.84. The number of ether oxygens (including phenoxy) is 2. The van der Waals surface area contributed by atoms with Crippen LogP contribution in [0.4, 0.5) is 10.5 Å². The monoisotopic (exact) mass is 687 g/mol. The maximum atomic E-state index is 14.1. The van der Waals surface area contributed by atoms with Crippen LogP contribution in [0.3, 0.4) is 0 Å². The molecule has 0 bridgehead atoms. The van der Waals surface area contributed by atoms with Crippen LogP contribution < -0.4 is 21.3 Å². The number of aromatic nitrogens is 3. The number of benzene rings is 3. The molecule has 12 heteroatoms. The van der Waals surface area contributed by atoms with Gasteiger partial charge in [-0.15, -0.1) is 0 Å². The van der Waals surface area contributed by atoms with Crippen LogP contribution in [0.15, 0.2) is 115 Å². The number of methoxy groups -OCH3 is 1. The van der Waals surface area contributed by atoms with E-state index in [1.807, 2.05) is 103 Å². The molecule has 1 saturated heterocycles. The van der Waals surface area contributed by atoms with Crippen molar-refractivity contribution in [2.24, 2.45) is 0 Å². The molecule has 6 rings (SSSR count). The van der Waals surface area contributed by atoms with Gasteiger partial charge in [0.2, 0.25) is 5.91 Å². The number of amides is 3. The molecule has 1 aliphatic rings. The first-order valence-electron chi connectivity index (χ1n) is 16.9. The zero-order chi connectivity index (χ0) is 35.4. The maximum Gasteiger partial charge on any atom is 0.407 e. The second-order valence-corrected chi connectivity index (χ2v) is 12.3. The molecule has 1 aliphatic heterocycles. The quantitative estimate of drug-likeness (QED) is 0.119. The fourth-order valence-electron chi connectivity index (χ4n) is 6.15. The molecule has 51 heavy (non-hydrogen) atoms. The number of morpholine rings is 1. The van der Waals surface area contributed by atoms with Gasteiger partial charge >= 0.3 is 6.09 Å². The highest BCUT2D eigenvalue weighted by molar-refractivity contribution is 5.98. The highest BCUT2D eigenvalue weighted by Crippen LogP contribution is 2.30. The molecule has 3 aromatic carbocycles. The van der Waals surface area contributed by atoms with Gasteiger partial charge in [-0.3, -0.25) is 19.7 Å². The Morgan fingerprint density at radius 1 is 0.902 bits per heavy atom. The SMILES string of the molecule is COC(=O)NC(C(=O)Nc1ccccc1CCC1CNC(CNC(=O)c2cc(-c3ccccn3)n[nH]2)CO1)C(c1ccccc1)c1ccccc1. The molecule has 5 aromatic rings. The van der Waals surface area contributed by atoms with E-state index in [0.29, 0.717) is 55.3 Å². The highest BCUT2D eigenvalue weighted by atomic mass is 16.5. The lowest BCUT2D eigenvalue weighted by molar-refractivity contribution is -0.118. The van der Waals surface area contributed by atoms with E-state index in [1.54, 1.807) is 12.3 Å². The Kier molecular flexibility index (Phi) is 11.8. The Morgan fingerprint density at radius 2 is 1.61 bits per heavy atom. The first-order valence-corrected chi connectivity index (χ1v) is 16.9. The van der Waals surface area contributed by atoms with Gasteiger partial charge in [-0.1, -0.05) is 84.9 Å². The number of nitrogens with zero attached hydrogens (tertiary/aromatic N) is 2. The Morgan fingerprint density at radius 3 is 2.27 bits per heavy atom. The molecule has 3 heterocycles. The van der Waals surface area contributed by atoms with E-state index in [1.165, 1.54) is 7.11 Å². The number of pyridine rings is 1. The second kappa shape index (κ2) is 17.2. The predicted octanol–water partition coefficient (Wildman–Crippen LogP) is 4.69. The van der Waals surface area contributed by atoms with Crippen LogP contribution in [0.1, 0.15) is 39.5 Å². The number of aromatic amines is 1. The molecule has 0 spiro atoms. The molecule has 5 N–H and O–H groups in total. The number of hydrogen-bond donors (Lipinski definition) is 5. The van der Waals surface area contributed by atoms with E-state index in [2.05, 4.69) is 36.4 Å². The number of alkyl carbamates (subject to hydrolysis) is 1. The van der Waals surface area contributed by atoms with E-state index in [9.17, 15) is 14.4 Å². The summed E-state index contributed by atoms with van der Waals surface area (Å²) >= 11 is 0. The molecule has 0 aliphatic carbocycles. The van der Waals surface area contributed by atoms with Crippen molar-refractivity contribution in [3.63, 3.8) is 0 Å². The zero-order valence-electron chi connectivity index (χ0n) is 28.3. The predicted molar refractivity (Wildman–Crippen MR) is 193 cm³/mol.